The van der Waals surface area contributed by atoms with Gasteiger partial charge >= 0.3 is 0 Å². The molecule has 0 unspecified atom stereocenters. The number of nitrogen functional groups attached to an aromatic ring is 1. The Kier molecular flexibility index (Phi) is 3.73. The number of carbonyl (C=O) groups is 1. The molecule has 1 amide bonds. The molecular weight excluding hydrogens is 196 g/mol. The summed E-state index contributed by atoms with van der Waals surface area (Å²) in [5, 5.41) is 2.90. The molecule has 5 N–H and O–H groups in total. The molecule has 0 radical (unpaired) electrons. The zero-order valence-corrected chi connectivity index (χ0v) is 8.49. The molecule has 0 aliphatic rings. The van der Waals surface area contributed by atoms with Crippen molar-refractivity contribution >= 4 is 17.4 Å². The van der Waals surface area contributed by atoms with Crippen LogP contribution in [-0.4, -0.2) is 24.5 Å². The molecule has 0 aliphatic carbocycles. The summed E-state index contributed by atoms with van der Waals surface area (Å²) in [4.78, 5) is 14.6. The fourth-order valence-electron chi connectivity index (χ4n) is 1.01. The number of rotatable bonds is 5. The molecule has 0 bridgehead atoms. The van der Waals surface area contributed by atoms with Crippen molar-refractivity contribution in [2.75, 3.05) is 24.7 Å². The summed E-state index contributed by atoms with van der Waals surface area (Å²) < 4.78 is 4.94. The summed E-state index contributed by atoms with van der Waals surface area (Å²) in [5.41, 5.74) is 11.2. The van der Waals surface area contributed by atoms with Crippen molar-refractivity contribution in [3.05, 3.63) is 12.1 Å². The molecule has 0 aromatic carbocycles. The van der Waals surface area contributed by atoms with E-state index in [0.717, 1.165) is 0 Å². The molecule has 0 fully saturated rings. The number of aromatic nitrogens is 1. The lowest BCUT2D eigenvalue weighted by molar-refractivity contribution is -0.117. The maximum Gasteiger partial charge on any atom is 0.219 e. The van der Waals surface area contributed by atoms with Crippen molar-refractivity contribution in [3.8, 4) is 5.88 Å². The smallest absolute Gasteiger partial charge is 0.219 e. The summed E-state index contributed by atoms with van der Waals surface area (Å²) >= 11 is 0. The van der Waals surface area contributed by atoms with Crippen molar-refractivity contribution in [2.45, 2.75) is 6.42 Å². The monoisotopic (exact) mass is 210 g/mol. The normalized spacial score (nSPS) is 9.67. The second-order valence-corrected chi connectivity index (χ2v) is 2.93. The van der Waals surface area contributed by atoms with Crippen LogP contribution in [0, 0.1) is 0 Å². The van der Waals surface area contributed by atoms with Gasteiger partial charge in [-0.1, -0.05) is 0 Å². The number of nitrogens with one attached hydrogen (secondary N) is 1. The van der Waals surface area contributed by atoms with Crippen LogP contribution in [0.2, 0.25) is 0 Å². The Hall–Kier alpha value is -1.98. The Bertz CT molecular complexity index is 354. The van der Waals surface area contributed by atoms with E-state index in [2.05, 4.69) is 10.3 Å². The highest BCUT2D eigenvalue weighted by atomic mass is 16.5. The number of hydrogen-bond donors (Lipinski definition) is 3. The van der Waals surface area contributed by atoms with Gasteiger partial charge < -0.3 is 21.5 Å². The minimum absolute atomic E-state index is 0.234. The van der Waals surface area contributed by atoms with Gasteiger partial charge in [-0.3, -0.25) is 4.79 Å². The van der Waals surface area contributed by atoms with Crippen LogP contribution in [0.3, 0.4) is 0 Å². The fourth-order valence-corrected chi connectivity index (χ4v) is 1.01. The Morgan fingerprint density at radius 2 is 2.33 bits per heavy atom. The second-order valence-electron chi connectivity index (χ2n) is 2.93. The molecule has 0 aliphatic heterocycles. The highest BCUT2D eigenvalue weighted by Gasteiger charge is 2.03. The van der Waals surface area contributed by atoms with Crippen LogP contribution >= 0.6 is 0 Å². The summed E-state index contributed by atoms with van der Waals surface area (Å²) in [6.07, 6.45) is 0.234. The molecule has 1 aromatic heterocycles. The molecule has 15 heavy (non-hydrogen) atoms. The average molecular weight is 210 g/mol. The average Bonchev–Trinajstić information content (AvgIpc) is 2.20. The first-order chi connectivity index (χ1) is 7.13. The van der Waals surface area contributed by atoms with Crippen molar-refractivity contribution in [1.29, 1.82) is 0 Å². The largest absolute Gasteiger partial charge is 0.481 e. The predicted octanol–water partition coefficient (Wildman–Crippen LogP) is -0.0403. The number of nitrogens with zero attached hydrogens (tertiary/aromatic N) is 1. The SMILES string of the molecule is COc1ccc(N)c(NCCC(N)=O)n1. The van der Waals surface area contributed by atoms with Crippen molar-refractivity contribution in [2.24, 2.45) is 5.73 Å². The lowest BCUT2D eigenvalue weighted by Crippen LogP contribution is -2.16. The topological polar surface area (TPSA) is 103 Å². The Morgan fingerprint density at radius 3 is 2.93 bits per heavy atom. The number of ether oxygens (including phenoxy) is 1. The van der Waals surface area contributed by atoms with Crippen LogP contribution in [-0.2, 0) is 4.79 Å². The highest BCUT2D eigenvalue weighted by Crippen LogP contribution is 2.19. The first-order valence-electron chi connectivity index (χ1n) is 4.46. The number of methoxy groups -OCH3 is 1. The molecule has 1 heterocycles. The van der Waals surface area contributed by atoms with Crippen LogP contribution in [0.25, 0.3) is 0 Å². The number of carbonyl (C=O) groups excluding carboxylic acids is 1. The predicted molar refractivity (Wildman–Crippen MR) is 57.5 cm³/mol. The van der Waals surface area contributed by atoms with E-state index in [1.54, 1.807) is 12.1 Å². The standard InChI is InChI=1S/C9H14N4O2/c1-15-8-3-2-6(10)9(13-8)12-5-4-7(11)14/h2-3H,4-5,10H2,1H3,(H2,11,14)(H,12,13). The number of nitrogens with two attached hydrogens (primary N) is 2. The summed E-state index contributed by atoms with van der Waals surface area (Å²) in [7, 11) is 1.52. The Balaban J connectivity index is 2.62. The molecule has 82 valence electrons. The Morgan fingerprint density at radius 1 is 1.60 bits per heavy atom. The number of primary amides is 1. The molecule has 0 saturated heterocycles. The quantitative estimate of drug-likeness (QED) is 0.632. The van der Waals surface area contributed by atoms with E-state index in [1.807, 2.05) is 0 Å². The first kappa shape index (κ1) is 11.1. The molecule has 0 saturated carbocycles. The first-order valence-corrected chi connectivity index (χ1v) is 4.46. The van der Waals surface area contributed by atoms with Gasteiger partial charge in [0.15, 0.2) is 5.82 Å². The van der Waals surface area contributed by atoms with Crippen LogP contribution in [0.5, 0.6) is 5.88 Å². The van der Waals surface area contributed by atoms with E-state index < -0.39 is 0 Å². The molecular formula is C9H14N4O2. The third-order valence-corrected chi connectivity index (χ3v) is 1.77. The van der Waals surface area contributed by atoms with Crippen molar-refractivity contribution < 1.29 is 9.53 Å². The molecule has 1 rings (SSSR count). The van der Waals surface area contributed by atoms with E-state index in [0.29, 0.717) is 23.9 Å². The third kappa shape index (κ3) is 3.34. The van der Waals surface area contributed by atoms with E-state index >= 15 is 0 Å². The van der Waals surface area contributed by atoms with E-state index in [1.165, 1.54) is 7.11 Å². The number of anilines is 2. The zero-order chi connectivity index (χ0) is 11.3. The van der Waals surface area contributed by atoms with Gasteiger partial charge in [0.05, 0.1) is 12.8 Å². The van der Waals surface area contributed by atoms with Gasteiger partial charge in [-0.25, -0.2) is 0 Å². The number of amides is 1. The zero-order valence-electron chi connectivity index (χ0n) is 8.49. The fraction of sp³-hybridized carbons (Fsp3) is 0.333. The number of pyridine rings is 1. The number of hydrogen-bond acceptors (Lipinski definition) is 5. The minimum Gasteiger partial charge on any atom is -0.481 e. The van der Waals surface area contributed by atoms with Gasteiger partial charge in [-0.15, -0.1) is 0 Å². The lowest BCUT2D eigenvalue weighted by atomic mass is 10.3. The minimum atomic E-state index is -0.371. The molecule has 0 spiro atoms. The van der Waals surface area contributed by atoms with Gasteiger partial charge in [0.1, 0.15) is 0 Å². The second kappa shape index (κ2) is 5.04. The molecule has 6 heteroatoms. The van der Waals surface area contributed by atoms with E-state index in [-0.39, 0.29) is 12.3 Å². The van der Waals surface area contributed by atoms with Gasteiger partial charge in [0.25, 0.3) is 0 Å². The maximum atomic E-state index is 10.5. The van der Waals surface area contributed by atoms with Gasteiger partial charge in [-0.05, 0) is 6.07 Å². The van der Waals surface area contributed by atoms with Gasteiger partial charge in [0.2, 0.25) is 11.8 Å². The summed E-state index contributed by atoms with van der Waals surface area (Å²) in [6.45, 7) is 0.402. The van der Waals surface area contributed by atoms with Crippen molar-refractivity contribution in [3.63, 3.8) is 0 Å². The summed E-state index contributed by atoms with van der Waals surface area (Å²) in [6, 6.07) is 3.34. The van der Waals surface area contributed by atoms with Crippen LogP contribution in [0.1, 0.15) is 6.42 Å². The summed E-state index contributed by atoms with van der Waals surface area (Å²) in [5.74, 6) is 0.588. The van der Waals surface area contributed by atoms with E-state index in [4.69, 9.17) is 16.2 Å². The van der Waals surface area contributed by atoms with Crippen molar-refractivity contribution in [1.82, 2.24) is 4.98 Å². The molecule has 1 aromatic rings. The molecule has 0 atom stereocenters. The molecule has 6 nitrogen and oxygen atoms in total. The third-order valence-electron chi connectivity index (χ3n) is 1.77. The van der Waals surface area contributed by atoms with Gasteiger partial charge in [-0.2, -0.15) is 4.98 Å². The van der Waals surface area contributed by atoms with Crippen LogP contribution in [0.15, 0.2) is 12.1 Å². The lowest BCUT2D eigenvalue weighted by Gasteiger charge is -2.08. The van der Waals surface area contributed by atoms with E-state index in [9.17, 15) is 4.79 Å². The maximum absolute atomic E-state index is 10.5. The van der Waals surface area contributed by atoms with Crippen LogP contribution in [0.4, 0.5) is 11.5 Å². The van der Waals surface area contributed by atoms with Crippen LogP contribution < -0.4 is 21.5 Å². The highest BCUT2D eigenvalue weighted by molar-refractivity contribution is 5.74. The van der Waals surface area contributed by atoms with Gasteiger partial charge in [0, 0.05) is 19.0 Å². The Labute approximate surface area is 87.6 Å².